The van der Waals surface area contributed by atoms with Crippen molar-refractivity contribution in [1.29, 1.82) is 0 Å². The maximum Gasteiger partial charge on any atom is 0.246 e. The Hall–Kier alpha value is -2.28. The fourth-order valence-corrected chi connectivity index (χ4v) is 1.41. The first-order valence-electron chi connectivity index (χ1n) is 5.08. The molecule has 17 heavy (non-hydrogen) atoms. The van der Waals surface area contributed by atoms with Gasteiger partial charge in [0.15, 0.2) is 0 Å². The Balaban J connectivity index is 2.03. The number of rotatable bonds is 4. The van der Waals surface area contributed by atoms with E-state index in [-0.39, 0.29) is 12.5 Å². The Kier molecular flexibility index (Phi) is 3.41. The molecule has 0 fully saturated rings. The summed E-state index contributed by atoms with van der Waals surface area (Å²) in [6.45, 7) is 0.452. The number of anilines is 1. The SMILES string of the molecule is NCc1ccccc1NC(=O)Cn1cnnn1. The number of amides is 1. The lowest BCUT2D eigenvalue weighted by Crippen LogP contribution is -2.20. The van der Waals surface area contributed by atoms with Gasteiger partial charge in [-0.3, -0.25) is 4.79 Å². The molecule has 1 aromatic carbocycles. The Labute approximate surface area is 97.6 Å². The van der Waals surface area contributed by atoms with Crippen LogP contribution in [0.25, 0.3) is 0 Å². The third-order valence-corrected chi connectivity index (χ3v) is 2.21. The van der Waals surface area contributed by atoms with Crippen molar-refractivity contribution in [3.63, 3.8) is 0 Å². The highest BCUT2D eigenvalue weighted by molar-refractivity contribution is 5.91. The third kappa shape index (κ3) is 2.85. The van der Waals surface area contributed by atoms with E-state index < -0.39 is 0 Å². The van der Waals surface area contributed by atoms with Crippen molar-refractivity contribution in [3.8, 4) is 0 Å². The molecule has 0 spiro atoms. The number of hydrogen-bond donors (Lipinski definition) is 2. The molecule has 88 valence electrons. The van der Waals surface area contributed by atoms with Gasteiger partial charge < -0.3 is 11.1 Å². The van der Waals surface area contributed by atoms with Crippen LogP contribution < -0.4 is 11.1 Å². The van der Waals surface area contributed by atoms with Crippen LogP contribution in [-0.2, 0) is 17.9 Å². The molecule has 7 heteroatoms. The molecule has 0 aliphatic carbocycles. The summed E-state index contributed by atoms with van der Waals surface area (Å²) in [5.41, 5.74) is 7.18. The van der Waals surface area contributed by atoms with Crippen molar-refractivity contribution >= 4 is 11.6 Å². The Morgan fingerprint density at radius 1 is 1.41 bits per heavy atom. The largest absolute Gasteiger partial charge is 0.326 e. The molecule has 0 saturated carbocycles. The standard InChI is InChI=1S/C10H12N6O/c11-5-8-3-1-2-4-9(8)13-10(17)6-16-7-12-14-15-16/h1-4,7H,5-6,11H2,(H,13,17). The van der Waals surface area contributed by atoms with Gasteiger partial charge in [0.1, 0.15) is 12.9 Å². The van der Waals surface area contributed by atoms with Crippen molar-refractivity contribution in [2.45, 2.75) is 13.1 Å². The zero-order chi connectivity index (χ0) is 12.1. The Morgan fingerprint density at radius 3 is 2.94 bits per heavy atom. The van der Waals surface area contributed by atoms with Gasteiger partial charge in [-0.1, -0.05) is 18.2 Å². The summed E-state index contributed by atoms with van der Waals surface area (Å²) in [6.07, 6.45) is 1.38. The Morgan fingerprint density at radius 2 is 2.24 bits per heavy atom. The van der Waals surface area contributed by atoms with Gasteiger partial charge in [-0.25, -0.2) is 4.68 Å². The maximum absolute atomic E-state index is 11.7. The predicted molar refractivity (Wildman–Crippen MR) is 60.8 cm³/mol. The van der Waals surface area contributed by atoms with Gasteiger partial charge in [0, 0.05) is 12.2 Å². The van der Waals surface area contributed by atoms with E-state index in [0.29, 0.717) is 12.2 Å². The number of nitrogens with zero attached hydrogens (tertiary/aromatic N) is 4. The molecule has 0 bridgehead atoms. The number of carbonyl (C=O) groups is 1. The van der Waals surface area contributed by atoms with E-state index in [9.17, 15) is 4.79 Å². The first-order valence-corrected chi connectivity index (χ1v) is 5.08. The van der Waals surface area contributed by atoms with Crippen molar-refractivity contribution in [1.82, 2.24) is 20.2 Å². The average Bonchev–Trinajstić information content (AvgIpc) is 2.82. The topological polar surface area (TPSA) is 98.7 Å². The van der Waals surface area contributed by atoms with E-state index in [4.69, 9.17) is 5.73 Å². The van der Waals surface area contributed by atoms with Crippen LogP contribution in [0, 0.1) is 0 Å². The average molecular weight is 232 g/mol. The lowest BCUT2D eigenvalue weighted by molar-refractivity contribution is -0.116. The summed E-state index contributed by atoms with van der Waals surface area (Å²) in [7, 11) is 0. The Bertz CT molecular complexity index is 495. The number of para-hydroxylation sites is 1. The second-order valence-corrected chi connectivity index (χ2v) is 3.42. The molecule has 2 aromatic rings. The van der Waals surface area contributed by atoms with Gasteiger partial charge in [-0.15, -0.1) is 5.10 Å². The molecule has 2 rings (SSSR count). The summed E-state index contributed by atoms with van der Waals surface area (Å²) >= 11 is 0. The number of hydrogen-bond acceptors (Lipinski definition) is 5. The van der Waals surface area contributed by atoms with E-state index in [1.165, 1.54) is 11.0 Å². The summed E-state index contributed by atoms with van der Waals surface area (Å²) in [6, 6.07) is 7.39. The first-order chi connectivity index (χ1) is 8.29. The zero-order valence-corrected chi connectivity index (χ0v) is 9.08. The lowest BCUT2D eigenvalue weighted by atomic mass is 10.2. The quantitative estimate of drug-likeness (QED) is 0.758. The van der Waals surface area contributed by atoms with Crippen molar-refractivity contribution in [2.75, 3.05) is 5.32 Å². The molecule has 0 unspecified atom stereocenters. The zero-order valence-electron chi connectivity index (χ0n) is 9.08. The van der Waals surface area contributed by atoms with Crippen molar-refractivity contribution in [2.24, 2.45) is 5.73 Å². The van der Waals surface area contributed by atoms with Crippen LogP contribution in [0.1, 0.15) is 5.56 Å². The normalized spacial score (nSPS) is 10.2. The van der Waals surface area contributed by atoms with Crippen molar-refractivity contribution < 1.29 is 4.79 Å². The van der Waals surface area contributed by atoms with Crippen LogP contribution in [0.2, 0.25) is 0 Å². The molecule has 1 aromatic heterocycles. The number of aromatic nitrogens is 4. The van der Waals surface area contributed by atoms with E-state index in [2.05, 4.69) is 20.8 Å². The van der Waals surface area contributed by atoms with Crippen LogP contribution in [0.4, 0.5) is 5.69 Å². The molecule has 3 N–H and O–H groups in total. The monoisotopic (exact) mass is 232 g/mol. The summed E-state index contributed by atoms with van der Waals surface area (Å²) in [4.78, 5) is 11.7. The number of tetrazole rings is 1. The minimum Gasteiger partial charge on any atom is -0.326 e. The molecule has 1 amide bonds. The van der Waals surface area contributed by atoms with Crippen LogP contribution in [0.15, 0.2) is 30.6 Å². The number of benzene rings is 1. The number of carbonyl (C=O) groups excluding carboxylic acids is 1. The second kappa shape index (κ2) is 5.17. The van der Waals surface area contributed by atoms with Gasteiger partial charge in [0.05, 0.1) is 0 Å². The molecule has 7 nitrogen and oxygen atoms in total. The van der Waals surface area contributed by atoms with Gasteiger partial charge in [0.25, 0.3) is 0 Å². The van der Waals surface area contributed by atoms with Gasteiger partial charge in [-0.05, 0) is 22.1 Å². The van der Waals surface area contributed by atoms with E-state index in [1.807, 2.05) is 18.2 Å². The van der Waals surface area contributed by atoms with Gasteiger partial charge in [-0.2, -0.15) is 0 Å². The molecule has 0 aliphatic rings. The second-order valence-electron chi connectivity index (χ2n) is 3.42. The number of nitrogens with one attached hydrogen (secondary N) is 1. The minimum atomic E-state index is -0.196. The van der Waals surface area contributed by atoms with Crippen LogP contribution in [0.3, 0.4) is 0 Å². The summed E-state index contributed by atoms with van der Waals surface area (Å²) in [5.74, 6) is -0.196. The highest BCUT2D eigenvalue weighted by atomic mass is 16.2. The highest BCUT2D eigenvalue weighted by Gasteiger charge is 2.06. The molecular weight excluding hydrogens is 220 g/mol. The predicted octanol–water partition coefficient (Wildman–Crippen LogP) is -0.230. The van der Waals surface area contributed by atoms with Crippen LogP contribution in [-0.4, -0.2) is 26.1 Å². The number of nitrogens with two attached hydrogens (primary N) is 1. The smallest absolute Gasteiger partial charge is 0.246 e. The fourth-order valence-electron chi connectivity index (χ4n) is 1.41. The van der Waals surface area contributed by atoms with E-state index >= 15 is 0 Å². The fraction of sp³-hybridized carbons (Fsp3) is 0.200. The molecule has 0 atom stereocenters. The van der Waals surface area contributed by atoms with Crippen LogP contribution >= 0.6 is 0 Å². The molecular formula is C10H12N6O. The minimum absolute atomic E-state index is 0.0753. The molecule has 0 radical (unpaired) electrons. The van der Waals surface area contributed by atoms with E-state index in [0.717, 1.165) is 5.56 Å². The first kappa shape index (κ1) is 11.2. The molecule has 1 heterocycles. The highest BCUT2D eigenvalue weighted by Crippen LogP contribution is 2.13. The van der Waals surface area contributed by atoms with E-state index in [1.54, 1.807) is 6.07 Å². The molecule has 0 saturated heterocycles. The molecule has 0 aliphatic heterocycles. The maximum atomic E-state index is 11.7. The van der Waals surface area contributed by atoms with Gasteiger partial charge >= 0.3 is 0 Å². The summed E-state index contributed by atoms with van der Waals surface area (Å²) < 4.78 is 1.35. The summed E-state index contributed by atoms with van der Waals surface area (Å²) in [5, 5.41) is 13.3. The van der Waals surface area contributed by atoms with Crippen molar-refractivity contribution in [3.05, 3.63) is 36.2 Å². The van der Waals surface area contributed by atoms with Crippen LogP contribution in [0.5, 0.6) is 0 Å². The lowest BCUT2D eigenvalue weighted by Gasteiger charge is -2.08. The van der Waals surface area contributed by atoms with Gasteiger partial charge in [0.2, 0.25) is 5.91 Å². The third-order valence-electron chi connectivity index (χ3n) is 2.21.